The molecule has 1 aliphatic heterocycles. The first-order valence-electron chi connectivity index (χ1n) is 6.67. The molecule has 0 bridgehead atoms. The van der Waals surface area contributed by atoms with Gasteiger partial charge in [0.05, 0.1) is 10.6 Å². The molecule has 3 nitrogen and oxygen atoms in total. The number of anilines is 1. The van der Waals surface area contributed by atoms with Gasteiger partial charge in [-0.1, -0.05) is 60.9 Å². The highest BCUT2D eigenvalue weighted by molar-refractivity contribution is 8.27. The number of rotatable bonds is 4. The predicted octanol–water partition coefficient (Wildman–Crippen LogP) is 4.14. The number of hydrogen-bond acceptors (Lipinski definition) is 4. The Morgan fingerprint density at radius 2 is 1.77 bits per heavy atom. The van der Waals surface area contributed by atoms with E-state index in [0.29, 0.717) is 15.8 Å². The minimum atomic E-state index is -0.159. The van der Waals surface area contributed by atoms with Crippen molar-refractivity contribution in [3.8, 4) is 5.75 Å². The first-order chi connectivity index (χ1) is 10.6. The monoisotopic (exact) mass is 327 g/mol. The number of benzene rings is 2. The Labute approximate surface area is 138 Å². The molecule has 0 unspecified atom stereocenters. The molecule has 0 radical (unpaired) electrons. The molecule has 0 spiro atoms. The van der Waals surface area contributed by atoms with Crippen LogP contribution in [0, 0.1) is 0 Å². The third-order valence-corrected chi connectivity index (χ3v) is 4.39. The van der Waals surface area contributed by atoms with Crippen LogP contribution in [0.2, 0.25) is 0 Å². The lowest BCUT2D eigenvalue weighted by molar-refractivity contribution is -0.113. The first kappa shape index (κ1) is 14.8. The van der Waals surface area contributed by atoms with Crippen molar-refractivity contribution >= 4 is 39.9 Å². The summed E-state index contributed by atoms with van der Waals surface area (Å²) >= 11 is 6.43. The molecule has 1 saturated heterocycles. The Morgan fingerprint density at radius 1 is 1.09 bits per heavy atom. The molecule has 1 amide bonds. The average Bonchev–Trinajstić information content (AvgIpc) is 2.80. The van der Waals surface area contributed by atoms with E-state index in [1.807, 2.05) is 54.6 Å². The van der Waals surface area contributed by atoms with Crippen LogP contribution in [0.15, 0.2) is 66.1 Å². The Hall–Kier alpha value is -2.11. The summed E-state index contributed by atoms with van der Waals surface area (Å²) in [6.07, 6.45) is 0. The molecule has 22 heavy (non-hydrogen) atoms. The molecule has 0 aliphatic carbocycles. The Bertz CT molecular complexity index is 726. The summed E-state index contributed by atoms with van der Waals surface area (Å²) in [6, 6.07) is 17.3. The van der Waals surface area contributed by atoms with Crippen molar-refractivity contribution < 1.29 is 9.53 Å². The number of nitrogens with zero attached hydrogens (tertiary/aromatic N) is 1. The van der Waals surface area contributed by atoms with Gasteiger partial charge in [-0.05, 0) is 29.8 Å². The molecule has 0 saturated carbocycles. The zero-order valence-corrected chi connectivity index (χ0v) is 13.3. The SMILES string of the molecule is C=C1SC(=S)N(c2ccc(OCc3ccccc3)cc2)C1=O. The fraction of sp³-hybridized carbons (Fsp3) is 0.0588. The molecule has 2 aromatic carbocycles. The molecule has 1 fully saturated rings. The van der Waals surface area contributed by atoms with Gasteiger partial charge in [0.15, 0.2) is 4.32 Å². The number of ether oxygens (including phenoxy) is 1. The van der Waals surface area contributed by atoms with E-state index in [1.165, 1.54) is 16.7 Å². The summed E-state index contributed by atoms with van der Waals surface area (Å²) in [7, 11) is 0. The van der Waals surface area contributed by atoms with Gasteiger partial charge in [-0.3, -0.25) is 9.69 Å². The van der Waals surface area contributed by atoms with Gasteiger partial charge in [-0.2, -0.15) is 0 Å². The second-order valence-electron chi connectivity index (χ2n) is 4.70. The molecule has 0 atom stereocenters. The number of amides is 1. The molecular formula is C17H13NO2S2. The zero-order chi connectivity index (χ0) is 15.5. The van der Waals surface area contributed by atoms with Gasteiger partial charge in [0.25, 0.3) is 5.91 Å². The lowest BCUT2D eigenvalue weighted by Crippen LogP contribution is -2.27. The van der Waals surface area contributed by atoms with E-state index in [4.69, 9.17) is 17.0 Å². The second-order valence-corrected chi connectivity index (χ2v) is 6.43. The van der Waals surface area contributed by atoms with Crippen LogP contribution in [0.4, 0.5) is 5.69 Å². The minimum Gasteiger partial charge on any atom is -0.489 e. The van der Waals surface area contributed by atoms with Gasteiger partial charge in [0.2, 0.25) is 0 Å². The van der Waals surface area contributed by atoms with Gasteiger partial charge >= 0.3 is 0 Å². The number of hydrogen-bond donors (Lipinski definition) is 0. The summed E-state index contributed by atoms with van der Waals surface area (Å²) < 4.78 is 6.23. The quantitative estimate of drug-likeness (QED) is 0.623. The van der Waals surface area contributed by atoms with E-state index in [2.05, 4.69) is 6.58 Å². The summed E-state index contributed by atoms with van der Waals surface area (Å²) in [4.78, 5) is 13.9. The third-order valence-electron chi connectivity index (χ3n) is 3.18. The molecule has 0 aromatic heterocycles. The van der Waals surface area contributed by atoms with Crippen molar-refractivity contribution in [3.63, 3.8) is 0 Å². The highest BCUT2D eigenvalue weighted by atomic mass is 32.2. The number of carbonyl (C=O) groups is 1. The van der Waals surface area contributed by atoms with Crippen LogP contribution in [-0.2, 0) is 11.4 Å². The fourth-order valence-electron chi connectivity index (χ4n) is 2.06. The molecule has 5 heteroatoms. The van der Waals surface area contributed by atoms with Gasteiger partial charge < -0.3 is 4.74 Å². The number of carbonyl (C=O) groups excluding carboxylic acids is 1. The Balaban J connectivity index is 1.69. The van der Waals surface area contributed by atoms with E-state index >= 15 is 0 Å². The summed E-state index contributed by atoms with van der Waals surface area (Å²) in [6.45, 7) is 4.21. The Kier molecular flexibility index (Phi) is 4.27. The normalized spacial score (nSPS) is 14.5. The van der Waals surface area contributed by atoms with E-state index in [9.17, 15) is 4.79 Å². The van der Waals surface area contributed by atoms with E-state index < -0.39 is 0 Å². The number of thiocarbonyl (C=S) groups is 1. The summed E-state index contributed by atoms with van der Waals surface area (Å²) in [5.41, 5.74) is 1.84. The molecule has 1 aliphatic rings. The van der Waals surface area contributed by atoms with Gasteiger partial charge in [-0.15, -0.1) is 0 Å². The van der Waals surface area contributed by atoms with E-state index in [0.717, 1.165) is 17.0 Å². The van der Waals surface area contributed by atoms with Crippen LogP contribution in [0.25, 0.3) is 0 Å². The first-order valence-corrected chi connectivity index (χ1v) is 7.89. The molecule has 110 valence electrons. The van der Waals surface area contributed by atoms with Crippen LogP contribution < -0.4 is 9.64 Å². The van der Waals surface area contributed by atoms with Crippen LogP contribution in [0.5, 0.6) is 5.75 Å². The lowest BCUT2D eigenvalue weighted by atomic mass is 10.2. The molecule has 1 heterocycles. The minimum absolute atomic E-state index is 0.159. The fourth-order valence-corrected chi connectivity index (χ4v) is 3.22. The third kappa shape index (κ3) is 3.05. The Morgan fingerprint density at radius 3 is 2.36 bits per heavy atom. The van der Waals surface area contributed by atoms with Gasteiger partial charge in [0.1, 0.15) is 12.4 Å². The van der Waals surface area contributed by atoms with Crippen LogP contribution in [-0.4, -0.2) is 10.2 Å². The van der Waals surface area contributed by atoms with Crippen LogP contribution >= 0.6 is 24.0 Å². The maximum atomic E-state index is 12.0. The number of thioether (sulfide) groups is 1. The van der Waals surface area contributed by atoms with Crippen LogP contribution in [0.1, 0.15) is 5.56 Å². The van der Waals surface area contributed by atoms with Crippen molar-refractivity contribution in [2.75, 3.05) is 4.90 Å². The molecule has 3 rings (SSSR count). The zero-order valence-electron chi connectivity index (χ0n) is 11.7. The van der Waals surface area contributed by atoms with Crippen molar-refractivity contribution in [2.24, 2.45) is 0 Å². The van der Waals surface area contributed by atoms with Crippen molar-refractivity contribution in [1.82, 2.24) is 0 Å². The largest absolute Gasteiger partial charge is 0.489 e. The van der Waals surface area contributed by atoms with E-state index in [1.54, 1.807) is 0 Å². The smallest absolute Gasteiger partial charge is 0.270 e. The summed E-state index contributed by atoms with van der Waals surface area (Å²) in [5.74, 6) is 0.588. The van der Waals surface area contributed by atoms with Gasteiger partial charge in [0, 0.05) is 0 Å². The molecule has 0 N–H and O–H groups in total. The van der Waals surface area contributed by atoms with Crippen molar-refractivity contribution in [1.29, 1.82) is 0 Å². The maximum Gasteiger partial charge on any atom is 0.270 e. The van der Waals surface area contributed by atoms with Crippen molar-refractivity contribution in [3.05, 3.63) is 71.6 Å². The van der Waals surface area contributed by atoms with E-state index in [-0.39, 0.29) is 5.91 Å². The average molecular weight is 327 g/mol. The predicted molar refractivity (Wildman–Crippen MR) is 94.0 cm³/mol. The second kappa shape index (κ2) is 6.34. The summed E-state index contributed by atoms with van der Waals surface area (Å²) in [5, 5.41) is 0. The molecule has 2 aromatic rings. The topological polar surface area (TPSA) is 29.5 Å². The van der Waals surface area contributed by atoms with Crippen LogP contribution in [0.3, 0.4) is 0 Å². The molecular weight excluding hydrogens is 314 g/mol. The lowest BCUT2D eigenvalue weighted by Gasteiger charge is -2.15. The van der Waals surface area contributed by atoms with Gasteiger partial charge in [-0.25, -0.2) is 0 Å². The maximum absolute atomic E-state index is 12.0. The standard InChI is InChI=1S/C17H13NO2S2/c1-12-16(19)18(17(21)22-12)14-7-9-15(10-8-14)20-11-13-5-3-2-4-6-13/h2-10H,1,11H2. The highest BCUT2D eigenvalue weighted by Gasteiger charge is 2.31. The van der Waals surface area contributed by atoms with Crippen molar-refractivity contribution in [2.45, 2.75) is 6.61 Å². The highest BCUT2D eigenvalue weighted by Crippen LogP contribution is 2.34.